The molecule has 0 bridgehead atoms. The molecule has 2 aromatic carbocycles. The average Bonchev–Trinajstić information content (AvgIpc) is 2.78. The maximum atomic E-state index is 12.6. The first-order valence-corrected chi connectivity index (χ1v) is 11.5. The summed E-state index contributed by atoms with van der Waals surface area (Å²) in [5.74, 6) is -0.192. The van der Waals surface area contributed by atoms with Gasteiger partial charge in [0.1, 0.15) is 0 Å². The summed E-state index contributed by atoms with van der Waals surface area (Å²) in [6.45, 7) is 1.59. The predicted molar refractivity (Wildman–Crippen MR) is 114 cm³/mol. The average molecular weight is 448 g/mol. The van der Waals surface area contributed by atoms with Crippen LogP contribution in [0.15, 0.2) is 59.5 Å². The summed E-state index contributed by atoms with van der Waals surface area (Å²) in [5, 5.41) is 11.1. The van der Waals surface area contributed by atoms with E-state index in [9.17, 15) is 23.3 Å². The number of hydrogen-bond donors (Lipinski definition) is 1. The van der Waals surface area contributed by atoms with Crippen LogP contribution in [0.1, 0.15) is 18.4 Å². The van der Waals surface area contributed by atoms with Crippen LogP contribution in [0.25, 0.3) is 0 Å². The largest absolute Gasteiger partial charge is 0.376 e. The number of carbonyl (C=O) groups excluding carboxylic acids is 1. The summed E-state index contributed by atoms with van der Waals surface area (Å²) >= 11 is 0. The van der Waals surface area contributed by atoms with E-state index in [0.29, 0.717) is 26.3 Å². The smallest absolute Gasteiger partial charge is 0.289 e. The van der Waals surface area contributed by atoms with Crippen molar-refractivity contribution >= 4 is 21.6 Å². The molecule has 1 unspecified atom stereocenters. The number of nitro groups is 1. The van der Waals surface area contributed by atoms with Gasteiger partial charge >= 0.3 is 0 Å². The summed E-state index contributed by atoms with van der Waals surface area (Å²) in [6, 6.07) is 14.9. The number of sulfonamides is 1. The Morgan fingerprint density at radius 2 is 1.87 bits per heavy atom. The van der Waals surface area contributed by atoms with Gasteiger partial charge in [-0.15, -0.1) is 0 Å². The molecule has 1 heterocycles. The number of rotatable bonds is 9. The van der Waals surface area contributed by atoms with E-state index in [0.717, 1.165) is 30.5 Å². The third-order valence-electron chi connectivity index (χ3n) is 5.10. The Labute approximate surface area is 181 Å². The van der Waals surface area contributed by atoms with E-state index in [-0.39, 0.29) is 11.8 Å². The van der Waals surface area contributed by atoms with E-state index in [2.05, 4.69) is 4.72 Å². The lowest BCUT2D eigenvalue weighted by Gasteiger charge is -2.32. The quantitative estimate of drug-likeness (QED) is 0.465. The third kappa shape index (κ3) is 6.33. The molecule has 0 aromatic heterocycles. The molecule has 3 rings (SSSR count). The number of hydrogen-bond acceptors (Lipinski definition) is 6. The van der Waals surface area contributed by atoms with Crippen molar-refractivity contribution in [1.29, 1.82) is 0 Å². The zero-order valence-electron chi connectivity index (χ0n) is 17.0. The summed E-state index contributed by atoms with van der Waals surface area (Å²) in [7, 11) is -4.19. The van der Waals surface area contributed by atoms with Crippen molar-refractivity contribution in [2.75, 3.05) is 26.2 Å². The topological polar surface area (TPSA) is 119 Å². The molecule has 0 spiro atoms. The summed E-state index contributed by atoms with van der Waals surface area (Å²) in [4.78, 5) is 24.0. The molecular weight excluding hydrogens is 422 g/mol. The van der Waals surface area contributed by atoms with E-state index < -0.39 is 32.1 Å². The number of para-hydroxylation sites is 1. The molecule has 0 aliphatic carbocycles. The zero-order valence-corrected chi connectivity index (χ0v) is 17.8. The number of carbonyl (C=O) groups is 1. The van der Waals surface area contributed by atoms with Crippen LogP contribution in [0.5, 0.6) is 0 Å². The molecule has 10 heteroatoms. The molecule has 0 radical (unpaired) electrons. The second-order valence-corrected chi connectivity index (χ2v) is 9.13. The van der Waals surface area contributed by atoms with Gasteiger partial charge in [0.25, 0.3) is 5.69 Å². The first kappa shape index (κ1) is 22.9. The van der Waals surface area contributed by atoms with Gasteiger partial charge in [0, 0.05) is 19.2 Å². The summed E-state index contributed by atoms with van der Waals surface area (Å²) in [5.41, 5.74) is 0.548. The Morgan fingerprint density at radius 1 is 1.16 bits per heavy atom. The lowest BCUT2D eigenvalue weighted by atomic mass is 9.99. The Morgan fingerprint density at radius 3 is 2.61 bits per heavy atom. The van der Waals surface area contributed by atoms with Gasteiger partial charge in [-0.25, -0.2) is 13.1 Å². The van der Waals surface area contributed by atoms with Crippen LogP contribution in [0.2, 0.25) is 0 Å². The molecule has 0 saturated carbocycles. The molecule has 1 amide bonds. The van der Waals surface area contributed by atoms with Crippen LogP contribution in [0.4, 0.5) is 5.69 Å². The molecule has 2 aromatic rings. The highest BCUT2D eigenvalue weighted by Crippen LogP contribution is 2.23. The van der Waals surface area contributed by atoms with Crippen LogP contribution in [-0.4, -0.2) is 50.4 Å². The normalized spacial score (nSPS) is 16.8. The number of nitro benzene ring substituents is 1. The van der Waals surface area contributed by atoms with Crippen LogP contribution >= 0.6 is 0 Å². The molecular formula is C21H25N3O6S. The fourth-order valence-electron chi connectivity index (χ4n) is 3.53. The standard InChI is InChI=1S/C21H25N3O6S/c25-21(13-22-31(28,29)20-11-5-4-10-19(20)24(26)27)23-12-6-9-18(14-23)16-30-15-17-7-2-1-3-8-17/h1-5,7-8,10-11,18,22H,6,9,12-16H2. The van der Waals surface area contributed by atoms with Crippen molar-refractivity contribution in [2.24, 2.45) is 5.92 Å². The van der Waals surface area contributed by atoms with Crippen molar-refractivity contribution in [1.82, 2.24) is 9.62 Å². The van der Waals surface area contributed by atoms with Gasteiger partial charge in [0.2, 0.25) is 15.9 Å². The van der Waals surface area contributed by atoms with Crippen molar-refractivity contribution in [3.05, 3.63) is 70.3 Å². The number of ether oxygens (including phenoxy) is 1. The number of piperidine rings is 1. The molecule has 1 fully saturated rings. The van der Waals surface area contributed by atoms with Gasteiger partial charge in [-0.05, 0) is 30.4 Å². The lowest BCUT2D eigenvalue weighted by molar-refractivity contribution is -0.387. The highest BCUT2D eigenvalue weighted by Gasteiger charge is 2.28. The maximum Gasteiger partial charge on any atom is 0.289 e. The summed E-state index contributed by atoms with van der Waals surface area (Å²) < 4.78 is 32.9. The fourth-order valence-corrected chi connectivity index (χ4v) is 4.67. The number of nitrogens with one attached hydrogen (secondary N) is 1. The van der Waals surface area contributed by atoms with E-state index in [1.54, 1.807) is 4.90 Å². The Balaban J connectivity index is 1.51. The van der Waals surface area contributed by atoms with Crippen molar-refractivity contribution < 1.29 is 22.9 Å². The zero-order chi connectivity index (χ0) is 22.3. The van der Waals surface area contributed by atoms with E-state index in [1.807, 2.05) is 30.3 Å². The molecule has 1 N–H and O–H groups in total. The Bertz CT molecular complexity index is 1010. The molecule has 1 aliphatic heterocycles. The molecule has 1 aliphatic rings. The third-order valence-corrected chi connectivity index (χ3v) is 6.55. The van der Waals surface area contributed by atoms with Gasteiger partial charge in [0.15, 0.2) is 4.90 Å². The van der Waals surface area contributed by atoms with Crippen LogP contribution in [0, 0.1) is 16.0 Å². The minimum absolute atomic E-state index is 0.174. The van der Waals surface area contributed by atoms with Gasteiger partial charge in [-0.3, -0.25) is 14.9 Å². The Kier molecular flexibility index (Phi) is 7.72. The second kappa shape index (κ2) is 10.5. The Hall–Kier alpha value is -2.82. The van der Waals surface area contributed by atoms with Crippen LogP contribution in [-0.2, 0) is 26.2 Å². The lowest BCUT2D eigenvalue weighted by Crippen LogP contribution is -2.45. The number of likely N-dealkylation sites (tertiary alicyclic amines) is 1. The number of benzene rings is 2. The monoisotopic (exact) mass is 447 g/mol. The van der Waals surface area contributed by atoms with E-state index >= 15 is 0 Å². The SMILES string of the molecule is O=C(CNS(=O)(=O)c1ccccc1[N+](=O)[O-])N1CCCC(COCc2ccccc2)C1. The maximum absolute atomic E-state index is 12.6. The van der Waals surface area contributed by atoms with Gasteiger partial charge in [-0.1, -0.05) is 42.5 Å². The highest BCUT2D eigenvalue weighted by atomic mass is 32.2. The van der Waals surface area contributed by atoms with Gasteiger partial charge in [-0.2, -0.15) is 0 Å². The highest BCUT2D eigenvalue weighted by molar-refractivity contribution is 7.89. The van der Waals surface area contributed by atoms with Crippen LogP contribution < -0.4 is 4.72 Å². The summed E-state index contributed by atoms with van der Waals surface area (Å²) in [6.07, 6.45) is 1.74. The van der Waals surface area contributed by atoms with Crippen molar-refractivity contribution in [2.45, 2.75) is 24.3 Å². The first-order valence-electron chi connectivity index (χ1n) is 9.99. The van der Waals surface area contributed by atoms with Crippen LogP contribution in [0.3, 0.4) is 0 Å². The minimum Gasteiger partial charge on any atom is -0.376 e. The first-order chi connectivity index (χ1) is 14.9. The van der Waals surface area contributed by atoms with E-state index in [4.69, 9.17) is 4.74 Å². The molecule has 1 saturated heterocycles. The molecule has 9 nitrogen and oxygen atoms in total. The number of nitrogens with zero attached hydrogens (tertiary/aromatic N) is 2. The van der Waals surface area contributed by atoms with Gasteiger partial charge < -0.3 is 9.64 Å². The van der Waals surface area contributed by atoms with E-state index in [1.165, 1.54) is 12.1 Å². The van der Waals surface area contributed by atoms with Gasteiger partial charge in [0.05, 0.1) is 24.7 Å². The fraction of sp³-hybridized carbons (Fsp3) is 0.381. The predicted octanol–water partition coefficient (Wildman–Crippen LogP) is 2.33. The molecule has 31 heavy (non-hydrogen) atoms. The van der Waals surface area contributed by atoms with Crippen molar-refractivity contribution in [3.63, 3.8) is 0 Å². The minimum atomic E-state index is -4.19. The molecule has 166 valence electrons. The number of amides is 1. The van der Waals surface area contributed by atoms with Crippen molar-refractivity contribution in [3.8, 4) is 0 Å². The second-order valence-electron chi connectivity index (χ2n) is 7.40. The molecule has 1 atom stereocenters.